The van der Waals surface area contributed by atoms with Gasteiger partial charge in [-0.05, 0) is 60.5 Å². The summed E-state index contributed by atoms with van der Waals surface area (Å²) in [6.45, 7) is 0.546. The van der Waals surface area contributed by atoms with Crippen LogP contribution in [0.5, 0.6) is 5.75 Å². The van der Waals surface area contributed by atoms with Crippen molar-refractivity contribution in [2.45, 2.75) is 18.6 Å². The quantitative estimate of drug-likeness (QED) is 0.0754. The van der Waals surface area contributed by atoms with Crippen molar-refractivity contribution in [1.29, 1.82) is 0 Å². The number of unbranched alkanes of at least 4 members (excludes halogenated alkanes) is 1. The van der Waals surface area contributed by atoms with Crippen LogP contribution >= 0.6 is 11.6 Å². The predicted octanol–water partition coefficient (Wildman–Crippen LogP) is 5.61. The maximum atomic E-state index is 14.2. The monoisotopic (exact) mass is 571 g/mol. The van der Waals surface area contributed by atoms with Crippen LogP contribution in [0.3, 0.4) is 0 Å². The average molecular weight is 572 g/mol. The van der Waals surface area contributed by atoms with Crippen molar-refractivity contribution >= 4 is 39.2 Å². The minimum absolute atomic E-state index is 0.0742. The molecule has 15 heteroatoms. The van der Waals surface area contributed by atoms with Crippen LogP contribution in [0, 0.1) is 21.7 Å². The lowest BCUT2D eigenvalue weighted by molar-refractivity contribution is -0.385. The first kappa shape index (κ1) is 28.8. The maximum absolute atomic E-state index is 14.2. The van der Waals surface area contributed by atoms with Gasteiger partial charge in [-0.25, -0.2) is 23.5 Å². The number of halogens is 3. The summed E-state index contributed by atoms with van der Waals surface area (Å²) in [5, 5.41) is 23.0. The van der Waals surface area contributed by atoms with Gasteiger partial charge in [0.25, 0.3) is 5.69 Å². The van der Waals surface area contributed by atoms with Crippen molar-refractivity contribution in [2.24, 2.45) is 4.36 Å². The lowest BCUT2D eigenvalue weighted by atomic mass is 10.1. The third-order valence-corrected chi connectivity index (χ3v) is 6.80. The Bertz CT molecular complexity index is 1400. The third-order valence-electron chi connectivity index (χ3n) is 5.05. The van der Waals surface area contributed by atoms with Crippen molar-refractivity contribution in [3.8, 4) is 17.0 Å². The Morgan fingerprint density at radius 3 is 2.74 bits per heavy atom. The van der Waals surface area contributed by atoms with Crippen LogP contribution in [0.1, 0.15) is 18.4 Å². The first-order valence-corrected chi connectivity index (χ1v) is 13.8. The highest BCUT2D eigenvalue weighted by molar-refractivity contribution is 7.98. The van der Waals surface area contributed by atoms with Gasteiger partial charge in [0.1, 0.15) is 17.3 Å². The number of hydrogen-bond acceptors (Lipinski definition) is 7. The third kappa shape index (κ3) is 8.39. The van der Waals surface area contributed by atoms with Gasteiger partial charge in [0.2, 0.25) is 5.28 Å². The molecule has 1 aromatic heterocycles. The van der Waals surface area contributed by atoms with Crippen molar-refractivity contribution in [1.82, 2.24) is 9.97 Å². The number of aromatic nitrogens is 2. The summed E-state index contributed by atoms with van der Waals surface area (Å²) in [6.07, 6.45) is 1.74. The van der Waals surface area contributed by atoms with Crippen LogP contribution in [0.2, 0.25) is 5.28 Å². The number of amides is 1. The maximum Gasteiger partial charge on any atom is 0.437 e. The average Bonchev–Trinajstić information content (AvgIpc) is 2.81. The molecule has 0 radical (unpaired) electrons. The van der Waals surface area contributed by atoms with Crippen molar-refractivity contribution in [3.05, 3.63) is 75.2 Å². The Hall–Kier alpha value is -3.75. The fourth-order valence-corrected chi connectivity index (χ4v) is 4.98. The summed E-state index contributed by atoms with van der Waals surface area (Å²) < 4.78 is 47.2. The van der Waals surface area contributed by atoms with E-state index >= 15 is 0 Å². The molecule has 0 aliphatic carbocycles. The number of non-ortho nitro benzene ring substituents is 1. The van der Waals surface area contributed by atoms with Crippen molar-refractivity contribution in [2.75, 3.05) is 24.7 Å². The van der Waals surface area contributed by atoms with Crippen LogP contribution in [0.25, 0.3) is 11.3 Å². The lowest BCUT2D eigenvalue weighted by Gasteiger charge is -2.17. The molecule has 38 heavy (non-hydrogen) atoms. The van der Waals surface area contributed by atoms with E-state index in [1.807, 2.05) is 0 Å². The SMILES string of the molecule is C[SH](O)(Cc1cc(OCCCCNc2cc(F)ccc2-c2nc(Cl)ncc2F)cc([N+](=O)[O-])c1)=NC(=O)O. The van der Waals surface area contributed by atoms with E-state index < -0.39 is 32.8 Å². The molecule has 0 spiro atoms. The molecule has 0 atom stereocenters. The molecule has 0 aliphatic heterocycles. The molecular weight excluding hydrogens is 548 g/mol. The highest BCUT2D eigenvalue weighted by Crippen LogP contribution is 2.30. The Balaban J connectivity index is 1.61. The summed E-state index contributed by atoms with van der Waals surface area (Å²) >= 11 is 5.78. The van der Waals surface area contributed by atoms with Gasteiger partial charge in [0.15, 0.2) is 5.82 Å². The molecule has 0 saturated heterocycles. The molecule has 3 aromatic rings. The number of carbonyl (C=O) groups is 1. The van der Waals surface area contributed by atoms with E-state index in [0.717, 1.165) is 6.20 Å². The molecule has 0 fully saturated rings. The Morgan fingerprint density at radius 1 is 1.26 bits per heavy atom. The largest absolute Gasteiger partial charge is 0.493 e. The molecule has 0 saturated carbocycles. The van der Waals surface area contributed by atoms with E-state index in [9.17, 15) is 28.2 Å². The highest BCUT2D eigenvalue weighted by Gasteiger charge is 2.16. The van der Waals surface area contributed by atoms with E-state index in [1.54, 1.807) is 0 Å². The van der Waals surface area contributed by atoms with E-state index in [2.05, 4.69) is 19.6 Å². The molecular formula is C23H24ClF2N5O6S. The summed E-state index contributed by atoms with van der Waals surface area (Å²) in [6, 6.07) is 7.70. The van der Waals surface area contributed by atoms with Crippen molar-refractivity contribution < 1.29 is 32.9 Å². The zero-order valence-corrected chi connectivity index (χ0v) is 21.6. The molecule has 0 aliphatic rings. The Labute approximate surface area is 221 Å². The van der Waals surface area contributed by atoms with Gasteiger partial charge < -0.3 is 19.7 Å². The van der Waals surface area contributed by atoms with E-state index in [4.69, 9.17) is 21.4 Å². The first-order chi connectivity index (χ1) is 17.9. The van der Waals surface area contributed by atoms with E-state index in [-0.39, 0.29) is 34.8 Å². The minimum atomic E-state index is -3.22. The molecule has 1 heterocycles. The molecule has 1 amide bonds. The Kier molecular flexibility index (Phi) is 9.61. The minimum Gasteiger partial charge on any atom is -0.493 e. The number of thiol groups is 1. The van der Waals surface area contributed by atoms with Gasteiger partial charge in [0.05, 0.1) is 23.8 Å². The van der Waals surface area contributed by atoms with Crippen LogP contribution in [0.15, 0.2) is 47.0 Å². The second kappa shape index (κ2) is 12.7. The van der Waals surface area contributed by atoms with Gasteiger partial charge in [-0.3, -0.25) is 10.1 Å². The van der Waals surface area contributed by atoms with E-state index in [0.29, 0.717) is 36.2 Å². The predicted molar refractivity (Wildman–Crippen MR) is 140 cm³/mol. The fourth-order valence-electron chi connectivity index (χ4n) is 3.53. The number of ether oxygens (including phenoxy) is 1. The van der Waals surface area contributed by atoms with Gasteiger partial charge in [0, 0.05) is 29.6 Å². The van der Waals surface area contributed by atoms with Crippen LogP contribution < -0.4 is 10.1 Å². The standard InChI is InChI=1S/C23H24ClF2N5O6S/c1-38(36,30-23(32)33)13-14-8-16(31(34)35)11-17(9-14)37-7-3-2-6-27-20-10-15(25)4-5-18(20)21-19(26)12-28-22(24)29-21/h4-5,8-12,27,38H,2-3,6-7,13H2,1H3,(H,30,36)(H,32,33). The number of hydrogen-bond donors (Lipinski definition) is 4. The van der Waals surface area contributed by atoms with Crippen LogP contribution in [0.4, 0.5) is 25.0 Å². The normalized spacial score (nSPS) is 11.6. The number of carboxylic acid groups (broad SMARTS) is 1. The second-order valence-corrected chi connectivity index (χ2v) is 11.3. The van der Waals surface area contributed by atoms with E-state index in [1.165, 1.54) is 42.7 Å². The van der Waals surface area contributed by atoms with Gasteiger partial charge in [-0.1, -0.05) is 10.1 Å². The second-order valence-electron chi connectivity index (χ2n) is 8.23. The lowest BCUT2D eigenvalue weighted by Crippen LogP contribution is -2.13. The van der Waals surface area contributed by atoms with Crippen molar-refractivity contribution in [3.63, 3.8) is 0 Å². The van der Waals surface area contributed by atoms with Gasteiger partial charge in [-0.15, -0.1) is 0 Å². The summed E-state index contributed by atoms with van der Waals surface area (Å²) in [7, 11) is -3.22. The molecule has 3 rings (SSSR count). The zero-order valence-electron chi connectivity index (χ0n) is 20.0. The number of nitrogens with one attached hydrogen (secondary N) is 1. The van der Waals surface area contributed by atoms with Gasteiger partial charge in [-0.2, -0.15) is 4.36 Å². The summed E-state index contributed by atoms with van der Waals surface area (Å²) in [5.41, 5.74) is 0.585. The number of nitro benzene ring substituents is 1. The topological polar surface area (TPSA) is 160 Å². The molecule has 11 nitrogen and oxygen atoms in total. The van der Waals surface area contributed by atoms with Crippen LogP contribution in [-0.4, -0.2) is 50.1 Å². The molecule has 204 valence electrons. The summed E-state index contributed by atoms with van der Waals surface area (Å²) in [4.78, 5) is 29.0. The number of nitro groups is 1. The summed E-state index contributed by atoms with van der Waals surface area (Å²) in [5.74, 6) is -1.23. The fraction of sp³-hybridized carbons (Fsp3) is 0.261. The number of anilines is 1. The molecule has 0 unspecified atom stereocenters. The molecule has 0 bridgehead atoms. The van der Waals surface area contributed by atoms with Crippen LogP contribution in [-0.2, 0) is 15.9 Å². The molecule has 2 aromatic carbocycles. The number of rotatable bonds is 11. The first-order valence-electron chi connectivity index (χ1n) is 11.1. The number of benzene rings is 2. The highest BCUT2D eigenvalue weighted by atomic mass is 35.5. The zero-order chi connectivity index (χ0) is 27.9. The Morgan fingerprint density at radius 2 is 2.03 bits per heavy atom. The number of nitrogens with zero attached hydrogens (tertiary/aromatic N) is 4. The molecule has 3 N–H and O–H groups in total. The van der Waals surface area contributed by atoms with Gasteiger partial charge >= 0.3 is 6.09 Å². The smallest absolute Gasteiger partial charge is 0.437 e.